The van der Waals surface area contributed by atoms with Gasteiger partial charge in [0.15, 0.2) is 0 Å². The van der Waals surface area contributed by atoms with Gasteiger partial charge in [0.2, 0.25) is 0 Å². The molecule has 0 aliphatic rings. The second-order valence-corrected chi connectivity index (χ2v) is 2.70. The third-order valence-electron chi connectivity index (χ3n) is 1.49. The van der Waals surface area contributed by atoms with Crippen LogP contribution in [0.25, 0.3) is 0 Å². The Morgan fingerprint density at radius 2 is 2.36 bits per heavy atom. The molecule has 0 atom stereocenters. The van der Waals surface area contributed by atoms with Crippen LogP contribution in [-0.2, 0) is 6.42 Å². The van der Waals surface area contributed by atoms with Crippen LogP contribution in [0.2, 0.25) is 5.15 Å². The van der Waals surface area contributed by atoms with E-state index in [0.717, 1.165) is 18.4 Å². The molecular formula is C8H11ClN2. The number of rotatable bonds is 3. The van der Waals surface area contributed by atoms with Gasteiger partial charge in [-0.2, -0.15) is 0 Å². The summed E-state index contributed by atoms with van der Waals surface area (Å²) in [6, 6.07) is 3.86. The van der Waals surface area contributed by atoms with Crippen LogP contribution in [-0.4, -0.2) is 11.5 Å². The number of hydrogen-bond donors (Lipinski definition) is 1. The molecular weight excluding hydrogens is 160 g/mol. The highest BCUT2D eigenvalue weighted by Gasteiger charge is 1.97. The van der Waals surface area contributed by atoms with Crippen LogP contribution in [0.5, 0.6) is 0 Å². The fourth-order valence-corrected chi connectivity index (χ4v) is 1.11. The lowest BCUT2D eigenvalue weighted by Gasteiger charge is -1.99. The Bertz CT molecular complexity index is 225. The first-order valence-corrected chi connectivity index (χ1v) is 4.02. The zero-order chi connectivity index (χ0) is 8.10. The number of aryl methyl sites for hydroxylation is 1. The molecule has 3 heteroatoms. The number of pyridine rings is 1. The molecule has 2 nitrogen and oxygen atoms in total. The quantitative estimate of drug-likeness (QED) is 0.701. The minimum absolute atomic E-state index is 0.598. The molecule has 1 aromatic heterocycles. The van der Waals surface area contributed by atoms with Crippen LogP contribution in [0.15, 0.2) is 18.3 Å². The van der Waals surface area contributed by atoms with Gasteiger partial charge >= 0.3 is 0 Å². The summed E-state index contributed by atoms with van der Waals surface area (Å²) in [6.45, 7) is 0.700. The molecule has 0 unspecified atom stereocenters. The largest absolute Gasteiger partial charge is 0.330 e. The first-order valence-electron chi connectivity index (χ1n) is 3.64. The van der Waals surface area contributed by atoms with E-state index in [0.29, 0.717) is 11.7 Å². The maximum atomic E-state index is 5.81. The number of nitrogens with two attached hydrogens (primary N) is 1. The highest BCUT2D eigenvalue weighted by Crippen LogP contribution is 2.12. The zero-order valence-corrected chi connectivity index (χ0v) is 7.01. The minimum atomic E-state index is 0.598. The van der Waals surface area contributed by atoms with Gasteiger partial charge in [0.1, 0.15) is 5.15 Å². The van der Waals surface area contributed by atoms with Gasteiger partial charge in [0.25, 0.3) is 0 Å². The van der Waals surface area contributed by atoms with Crippen LogP contribution >= 0.6 is 11.6 Å². The molecule has 60 valence electrons. The van der Waals surface area contributed by atoms with Crippen molar-refractivity contribution < 1.29 is 0 Å². The third-order valence-corrected chi connectivity index (χ3v) is 1.83. The fourth-order valence-electron chi connectivity index (χ4n) is 0.898. The molecule has 1 rings (SSSR count). The van der Waals surface area contributed by atoms with E-state index < -0.39 is 0 Å². The standard InChI is InChI=1S/C8H11ClN2/c9-8-7(3-1-5-10)4-2-6-11-8/h2,4,6H,1,3,5,10H2. The zero-order valence-electron chi connectivity index (χ0n) is 6.26. The van der Waals surface area contributed by atoms with Crippen molar-refractivity contribution in [3.63, 3.8) is 0 Å². The molecule has 0 radical (unpaired) electrons. The highest BCUT2D eigenvalue weighted by atomic mass is 35.5. The molecule has 0 spiro atoms. The number of aromatic nitrogens is 1. The normalized spacial score (nSPS) is 10.0. The smallest absolute Gasteiger partial charge is 0.132 e. The minimum Gasteiger partial charge on any atom is -0.330 e. The van der Waals surface area contributed by atoms with Crippen molar-refractivity contribution in [2.45, 2.75) is 12.8 Å². The molecule has 0 saturated heterocycles. The lowest BCUT2D eigenvalue weighted by atomic mass is 10.2. The fraction of sp³-hybridized carbons (Fsp3) is 0.375. The van der Waals surface area contributed by atoms with Crippen molar-refractivity contribution in [3.8, 4) is 0 Å². The van der Waals surface area contributed by atoms with Crippen molar-refractivity contribution in [3.05, 3.63) is 29.0 Å². The van der Waals surface area contributed by atoms with Gasteiger partial charge in [-0.1, -0.05) is 17.7 Å². The van der Waals surface area contributed by atoms with E-state index in [1.54, 1.807) is 6.20 Å². The Morgan fingerprint density at radius 3 is 3.00 bits per heavy atom. The third kappa shape index (κ3) is 2.48. The van der Waals surface area contributed by atoms with Crippen molar-refractivity contribution in [1.82, 2.24) is 4.98 Å². The van der Waals surface area contributed by atoms with E-state index in [9.17, 15) is 0 Å². The predicted octanol–water partition coefficient (Wildman–Crippen LogP) is 1.63. The number of halogens is 1. The molecule has 2 N–H and O–H groups in total. The first-order chi connectivity index (χ1) is 5.34. The van der Waals surface area contributed by atoms with E-state index in [-0.39, 0.29) is 0 Å². The number of nitrogens with zero attached hydrogens (tertiary/aromatic N) is 1. The van der Waals surface area contributed by atoms with Gasteiger partial charge in [0, 0.05) is 6.20 Å². The molecule has 0 aliphatic carbocycles. The second-order valence-electron chi connectivity index (χ2n) is 2.35. The Labute approximate surface area is 71.4 Å². The summed E-state index contributed by atoms with van der Waals surface area (Å²) < 4.78 is 0. The summed E-state index contributed by atoms with van der Waals surface area (Å²) in [5.41, 5.74) is 6.45. The molecule has 0 saturated carbocycles. The van der Waals surface area contributed by atoms with E-state index in [4.69, 9.17) is 17.3 Å². The molecule has 0 aliphatic heterocycles. The summed E-state index contributed by atoms with van der Waals surface area (Å²) in [5.74, 6) is 0. The molecule has 0 aromatic carbocycles. The summed E-state index contributed by atoms with van der Waals surface area (Å²) in [7, 11) is 0. The van der Waals surface area contributed by atoms with Gasteiger partial charge in [-0.15, -0.1) is 0 Å². The van der Waals surface area contributed by atoms with E-state index in [1.807, 2.05) is 12.1 Å². The molecule has 1 aromatic rings. The molecule has 0 bridgehead atoms. The van der Waals surface area contributed by atoms with Gasteiger partial charge < -0.3 is 5.73 Å². The van der Waals surface area contributed by atoms with Crippen LogP contribution in [0.3, 0.4) is 0 Å². The van der Waals surface area contributed by atoms with Gasteiger partial charge in [-0.05, 0) is 31.0 Å². The van der Waals surface area contributed by atoms with E-state index in [1.165, 1.54) is 0 Å². The van der Waals surface area contributed by atoms with E-state index in [2.05, 4.69) is 4.98 Å². The average molecular weight is 171 g/mol. The number of hydrogen-bond acceptors (Lipinski definition) is 2. The SMILES string of the molecule is NCCCc1cccnc1Cl. The molecule has 0 amide bonds. The first kappa shape index (κ1) is 8.50. The van der Waals surface area contributed by atoms with Gasteiger partial charge in [0.05, 0.1) is 0 Å². The van der Waals surface area contributed by atoms with Crippen molar-refractivity contribution in [1.29, 1.82) is 0 Å². The van der Waals surface area contributed by atoms with Crippen molar-refractivity contribution in [2.24, 2.45) is 5.73 Å². The Hall–Kier alpha value is -0.600. The Balaban J connectivity index is 2.62. The maximum Gasteiger partial charge on any atom is 0.132 e. The average Bonchev–Trinajstić information content (AvgIpc) is 2.03. The Morgan fingerprint density at radius 1 is 1.55 bits per heavy atom. The van der Waals surface area contributed by atoms with Crippen LogP contribution in [0, 0.1) is 0 Å². The van der Waals surface area contributed by atoms with Crippen LogP contribution in [0.1, 0.15) is 12.0 Å². The van der Waals surface area contributed by atoms with Crippen molar-refractivity contribution >= 4 is 11.6 Å². The van der Waals surface area contributed by atoms with Crippen LogP contribution < -0.4 is 5.73 Å². The van der Waals surface area contributed by atoms with Crippen LogP contribution in [0.4, 0.5) is 0 Å². The molecule has 1 heterocycles. The summed E-state index contributed by atoms with van der Waals surface area (Å²) in [6.07, 6.45) is 3.57. The molecule has 11 heavy (non-hydrogen) atoms. The second kappa shape index (κ2) is 4.31. The lowest BCUT2D eigenvalue weighted by molar-refractivity contribution is 0.829. The van der Waals surface area contributed by atoms with Gasteiger partial charge in [-0.3, -0.25) is 0 Å². The predicted molar refractivity (Wildman–Crippen MR) is 46.6 cm³/mol. The summed E-state index contributed by atoms with van der Waals surface area (Å²) in [5, 5.41) is 0.598. The lowest BCUT2D eigenvalue weighted by Crippen LogP contribution is -2.00. The summed E-state index contributed by atoms with van der Waals surface area (Å²) in [4.78, 5) is 3.96. The molecule has 0 fully saturated rings. The Kier molecular flexibility index (Phi) is 3.33. The van der Waals surface area contributed by atoms with Gasteiger partial charge in [-0.25, -0.2) is 4.98 Å². The van der Waals surface area contributed by atoms with E-state index >= 15 is 0 Å². The van der Waals surface area contributed by atoms with Crippen molar-refractivity contribution in [2.75, 3.05) is 6.54 Å². The maximum absolute atomic E-state index is 5.81. The topological polar surface area (TPSA) is 38.9 Å². The highest BCUT2D eigenvalue weighted by molar-refractivity contribution is 6.30. The monoisotopic (exact) mass is 170 g/mol. The summed E-state index contributed by atoms with van der Waals surface area (Å²) >= 11 is 5.81.